The predicted octanol–water partition coefficient (Wildman–Crippen LogP) is 2.81. The number of halogens is 1. The monoisotopic (exact) mass is 589 g/mol. The Morgan fingerprint density at radius 2 is 1.80 bits per heavy atom. The number of sulfonamides is 2. The summed E-state index contributed by atoms with van der Waals surface area (Å²) in [6, 6.07) is 9.53. The van der Waals surface area contributed by atoms with E-state index < -0.39 is 26.2 Å². The van der Waals surface area contributed by atoms with Crippen molar-refractivity contribution in [1.29, 1.82) is 0 Å². The van der Waals surface area contributed by atoms with Crippen molar-refractivity contribution < 1.29 is 27.0 Å². The molecule has 1 fully saturated rings. The van der Waals surface area contributed by atoms with Crippen LogP contribution in [0.25, 0.3) is 0 Å². The van der Waals surface area contributed by atoms with Crippen LogP contribution in [0.15, 0.2) is 45.8 Å². The second-order valence-corrected chi connectivity index (χ2v) is 13.3. The van der Waals surface area contributed by atoms with Crippen LogP contribution >= 0.6 is 15.9 Å². The van der Waals surface area contributed by atoms with Gasteiger partial charge in [0.05, 0.1) is 22.9 Å². The number of aliphatic hydroxyl groups excluding tert-OH is 1. The van der Waals surface area contributed by atoms with Gasteiger partial charge in [-0.2, -0.15) is 4.31 Å². The SMILES string of the molecule is CCc1cc(Br)ccc1S(=O)(=O)N1CCC(CNC[C@H](O)c2ccc(O)c(NS(C)(=O)=O)c2)CC1. The molecule has 0 saturated carbocycles. The maximum Gasteiger partial charge on any atom is 0.243 e. The zero-order valence-corrected chi connectivity index (χ0v) is 23.0. The van der Waals surface area contributed by atoms with E-state index in [4.69, 9.17) is 0 Å². The fourth-order valence-corrected chi connectivity index (χ4v) is 6.87. The van der Waals surface area contributed by atoms with Gasteiger partial charge < -0.3 is 15.5 Å². The topological polar surface area (TPSA) is 136 Å². The van der Waals surface area contributed by atoms with E-state index >= 15 is 0 Å². The molecule has 35 heavy (non-hydrogen) atoms. The lowest BCUT2D eigenvalue weighted by atomic mass is 9.98. The van der Waals surface area contributed by atoms with Gasteiger partial charge in [-0.3, -0.25) is 4.72 Å². The number of rotatable bonds is 10. The number of aryl methyl sites for hydroxylation is 1. The van der Waals surface area contributed by atoms with Gasteiger partial charge in [0.25, 0.3) is 0 Å². The first-order valence-electron chi connectivity index (χ1n) is 11.4. The molecule has 1 aliphatic heterocycles. The van der Waals surface area contributed by atoms with Crippen molar-refractivity contribution in [2.75, 3.05) is 37.2 Å². The predicted molar refractivity (Wildman–Crippen MR) is 139 cm³/mol. The summed E-state index contributed by atoms with van der Waals surface area (Å²) in [5, 5.41) is 23.6. The minimum Gasteiger partial charge on any atom is -0.506 e. The largest absolute Gasteiger partial charge is 0.506 e. The highest BCUT2D eigenvalue weighted by Gasteiger charge is 2.30. The lowest BCUT2D eigenvalue weighted by Gasteiger charge is -2.32. The number of aromatic hydroxyl groups is 1. The molecule has 0 spiro atoms. The summed E-state index contributed by atoms with van der Waals surface area (Å²) in [5.41, 5.74) is 1.26. The highest BCUT2D eigenvalue weighted by Crippen LogP contribution is 2.29. The lowest BCUT2D eigenvalue weighted by Crippen LogP contribution is -2.41. The number of piperidine rings is 1. The molecule has 2 aromatic carbocycles. The van der Waals surface area contributed by atoms with Gasteiger partial charge in [0, 0.05) is 24.1 Å². The molecule has 4 N–H and O–H groups in total. The van der Waals surface area contributed by atoms with E-state index in [9.17, 15) is 27.0 Å². The van der Waals surface area contributed by atoms with Crippen molar-refractivity contribution in [2.24, 2.45) is 5.92 Å². The van der Waals surface area contributed by atoms with Crippen LogP contribution in [0, 0.1) is 5.92 Å². The maximum absolute atomic E-state index is 13.2. The minimum absolute atomic E-state index is 0.00892. The zero-order chi connectivity index (χ0) is 25.8. The van der Waals surface area contributed by atoms with Gasteiger partial charge in [0.15, 0.2) is 0 Å². The Bertz CT molecular complexity index is 1250. The first kappa shape index (κ1) is 27.9. The van der Waals surface area contributed by atoms with Crippen LogP contribution in [-0.4, -0.2) is 63.8 Å². The van der Waals surface area contributed by atoms with E-state index in [2.05, 4.69) is 26.0 Å². The van der Waals surface area contributed by atoms with Gasteiger partial charge >= 0.3 is 0 Å². The van der Waals surface area contributed by atoms with Gasteiger partial charge in [-0.25, -0.2) is 16.8 Å². The van der Waals surface area contributed by atoms with Crippen LogP contribution in [-0.2, 0) is 26.5 Å². The molecule has 1 atom stereocenters. The van der Waals surface area contributed by atoms with Crippen molar-refractivity contribution in [2.45, 2.75) is 37.2 Å². The smallest absolute Gasteiger partial charge is 0.243 e. The quantitative estimate of drug-likeness (QED) is 0.313. The number of nitrogens with one attached hydrogen (secondary N) is 2. The second kappa shape index (κ2) is 11.6. The summed E-state index contributed by atoms with van der Waals surface area (Å²) in [6.07, 6.45) is 2.13. The normalized spacial score (nSPS) is 16.8. The van der Waals surface area contributed by atoms with E-state index in [0.29, 0.717) is 49.4 Å². The van der Waals surface area contributed by atoms with Crippen LogP contribution in [0.3, 0.4) is 0 Å². The third kappa shape index (κ3) is 7.40. The molecule has 1 saturated heterocycles. The van der Waals surface area contributed by atoms with Crippen LogP contribution in [0.1, 0.15) is 37.0 Å². The molecule has 0 unspecified atom stereocenters. The summed E-state index contributed by atoms with van der Waals surface area (Å²) < 4.78 is 53.9. The molecule has 1 heterocycles. The van der Waals surface area contributed by atoms with E-state index in [1.54, 1.807) is 16.4 Å². The summed E-state index contributed by atoms with van der Waals surface area (Å²) >= 11 is 3.40. The highest BCUT2D eigenvalue weighted by molar-refractivity contribution is 9.10. The minimum atomic E-state index is -3.57. The third-order valence-electron chi connectivity index (χ3n) is 6.07. The van der Waals surface area contributed by atoms with Gasteiger partial charge in [-0.05, 0) is 73.2 Å². The highest BCUT2D eigenvalue weighted by atomic mass is 79.9. The number of hydrogen-bond donors (Lipinski definition) is 4. The Hall–Kier alpha value is -1.70. The fourth-order valence-electron chi connectivity index (χ4n) is 4.15. The molecule has 2 aromatic rings. The summed E-state index contributed by atoms with van der Waals surface area (Å²) in [5.74, 6) is 0.0433. The average Bonchev–Trinajstić information content (AvgIpc) is 2.79. The number of benzene rings is 2. The number of nitrogens with zero attached hydrogens (tertiary/aromatic N) is 1. The molecular weight excluding hydrogens is 558 g/mol. The van der Waals surface area contributed by atoms with Crippen LogP contribution < -0.4 is 10.0 Å². The van der Waals surface area contributed by atoms with Crippen molar-refractivity contribution in [3.05, 3.63) is 52.0 Å². The summed E-state index contributed by atoms with van der Waals surface area (Å²) in [4.78, 5) is 0.363. The standard InChI is InChI=1S/C23H32BrN3O6S2/c1-3-17-12-19(24)5-7-23(17)35(32,33)27-10-8-16(9-11-27)14-25-15-22(29)18-4-6-21(28)20(13-18)26-34(2,30)31/h4-7,12-13,16,22,25-26,28-29H,3,8-11,14-15H2,1-2H3/t22-/m0/s1. The Kier molecular flexibility index (Phi) is 9.22. The summed E-state index contributed by atoms with van der Waals surface area (Å²) in [6.45, 7) is 3.68. The van der Waals surface area contributed by atoms with Crippen molar-refractivity contribution >= 4 is 41.7 Å². The van der Waals surface area contributed by atoms with E-state index in [1.165, 1.54) is 18.2 Å². The molecule has 1 aliphatic rings. The number of phenols is 1. The first-order chi connectivity index (χ1) is 16.4. The zero-order valence-electron chi connectivity index (χ0n) is 19.7. The van der Waals surface area contributed by atoms with Gasteiger partial charge in [0.2, 0.25) is 20.0 Å². The van der Waals surface area contributed by atoms with Crippen LogP contribution in [0.4, 0.5) is 5.69 Å². The Morgan fingerprint density at radius 1 is 1.11 bits per heavy atom. The number of hydrogen-bond acceptors (Lipinski definition) is 7. The van der Waals surface area contributed by atoms with Crippen molar-refractivity contribution in [1.82, 2.24) is 9.62 Å². The fraction of sp³-hybridized carbons (Fsp3) is 0.478. The molecule has 12 heteroatoms. The second-order valence-electron chi connectivity index (χ2n) is 8.78. The molecule has 0 aliphatic carbocycles. The maximum atomic E-state index is 13.2. The van der Waals surface area contributed by atoms with Crippen LogP contribution in [0.5, 0.6) is 5.75 Å². The number of anilines is 1. The molecule has 194 valence electrons. The van der Waals surface area contributed by atoms with E-state index in [-0.39, 0.29) is 23.9 Å². The third-order valence-corrected chi connectivity index (χ3v) is 9.15. The Balaban J connectivity index is 1.52. The molecule has 9 nitrogen and oxygen atoms in total. The number of aliphatic hydroxyl groups is 1. The lowest BCUT2D eigenvalue weighted by molar-refractivity contribution is 0.169. The number of phenolic OH excluding ortho intramolecular Hbond substituents is 1. The Morgan fingerprint density at radius 3 is 2.43 bits per heavy atom. The molecule has 0 bridgehead atoms. The van der Waals surface area contributed by atoms with E-state index in [0.717, 1.165) is 16.3 Å². The summed E-state index contributed by atoms with van der Waals surface area (Å²) in [7, 11) is -7.12. The van der Waals surface area contributed by atoms with Gasteiger partial charge in [0.1, 0.15) is 5.75 Å². The molecule has 3 rings (SSSR count). The molecular formula is C23H32BrN3O6S2. The molecule has 0 aromatic heterocycles. The van der Waals surface area contributed by atoms with Gasteiger partial charge in [-0.1, -0.05) is 28.9 Å². The van der Waals surface area contributed by atoms with E-state index in [1.807, 2.05) is 13.0 Å². The van der Waals surface area contributed by atoms with Gasteiger partial charge in [-0.15, -0.1) is 0 Å². The average molecular weight is 591 g/mol. The van der Waals surface area contributed by atoms with Crippen molar-refractivity contribution in [3.8, 4) is 5.75 Å². The van der Waals surface area contributed by atoms with Crippen LogP contribution in [0.2, 0.25) is 0 Å². The van der Waals surface area contributed by atoms with Crippen molar-refractivity contribution in [3.63, 3.8) is 0 Å². The molecule has 0 radical (unpaired) electrons. The molecule has 0 amide bonds. The Labute approximate surface area is 215 Å². The first-order valence-corrected chi connectivity index (χ1v) is 15.5.